The van der Waals surface area contributed by atoms with Gasteiger partial charge in [-0.15, -0.1) is 0 Å². The Morgan fingerprint density at radius 2 is 1.90 bits per heavy atom. The van der Waals surface area contributed by atoms with Crippen molar-refractivity contribution >= 4 is 11.9 Å². The smallest absolute Gasteiger partial charge is 0.311 e. The van der Waals surface area contributed by atoms with Gasteiger partial charge in [0.15, 0.2) is 0 Å². The molecule has 0 spiro atoms. The van der Waals surface area contributed by atoms with Crippen molar-refractivity contribution < 1.29 is 19.8 Å². The number of aryl methyl sites for hydroxylation is 1. The molecule has 5 nitrogen and oxygen atoms in total. The van der Waals surface area contributed by atoms with Gasteiger partial charge in [-0.2, -0.15) is 0 Å². The molecule has 0 bridgehead atoms. The molecule has 1 saturated carbocycles. The zero-order valence-corrected chi connectivity index (χ0v) is 12.2. The zero-order valence-electron chi connectivity index (χ0n) is 12.2. The first-order valence-electron chi connectivity index (χ1n) is 7.26. The van der Waals surface area contributed by atoms with Crippen molar-refractivity contribution in [2.24, 2.45) is 5.41 Å². The lowest BCUT2D eigenvalue weighted by Gasteiger charge is -2.33. The van der Waals surface area contributed by atoms with Crippen LogP contribution < -0.4 is 5.32 Å². The monoisotopic (exact) mass is 291 g/mol. The van der Waals surface area contributed by atoms with E-state index in [4.69, 9.17) is 0 Å². The third kappa shape index (κ3) is 3.35. The molecular weight excluding hydrogens is 270 g/mol. The fourth-order valence-electron chi connectivity index (χ4n) is 2.94. The van der Waals surface area contributed by atoms with Crippen LogP contribution in [-0.2, 0) is 4.79 Å². The number of hydrogen-bond acceptors (Lipinski definition) is 3. The Bertz CT molecular complexity index is 547. The number of carbonyl (C=O) groups excluding carboxylic acids is 1. The van der Waals surface area contributed by atoms with Crippen LogP contribution in [0.5, 0.6) is 5.75 Å². The molecule has 114 valence electrons. The van der Waals surface area contributed by atoms with Crippen molar-refractivity contribution in [1.29, 1.82) is 0 Å². The second-order valence-corrected chi connectivity index (χ2v) is 5.83. The summed E-state index contributed by atoms with van der Waals surface area (Å²) in [5.41, 5.74) is 0.295. The fourth-order valence-corrected chi connectivity index (χ4v) is 2.94. The van der Waals surface area contributed by atoms with Gasteiger partial charge in [-0.05, 0) is 43.5 Å². The van der Waals surface area contributed by atoms with E-state index >= 15 is 0 Å². The normalized spacial score (nSPS) is 17.2. The molecule has 1 fully saturated rings. The number of nitrogens with one attached hydrogen (secondary N) is 1. The molecule has 21 heavy (non-hydrogen) atoms. The van der Waals surface area contributed by atoms with E-state index in [0.29, 0.717) is 24.0 Å². The molecule has 2 rings (SSSR count). The largest absolute Gasteiger partial charge is 0.508 e. The van der Waals surface area contributed by atoms with Crippen molar-refractivity contribution in [1.82, 2.24) is 5.32 Å². The second-order valence-electron chi connectivity index (χ2n) is 5.83. The average Bonchev–Trinajstić information content (AvgIpc) is 2.45. The minimum Gasteiger partial charge on any atom is -0.508 e. The third-order valence-corrected chi connectivity index (χ3v) is 4.31. The highest BCUT2D eigenvalue weighted by atomic mass is 16.4. The van der Waals surface area contributed by atoms with Crippen molar-refractivity contribution in [2.75, 3.05) is 6.54 Å². The van der Waals surface area contributed by atoms with E-state index in [0.717, 1.165) is 19.3 Å². The highest BCUT2D eigenvalue weighted by molar-refractivity contribution is 5.96. The highest BCUT2D eigenvalue weighted by Crippen LogP contribution is 2.36. The molecule has 0 unspecified atom stereocenters. The molecule has 1 aliphatic carbocycles. The summed E-state index contributed by atoms with van der Waals surface area (Å²) in [6.45, 7) is 1.89. The molecule has 1 aliphatic rings. The summed E-state index contributed by atoms with van der Waals surface area (Å²) in [7, 11) is 0. The van der Waals surface area contributed by atoms with Crippen LogP contribution in [-0.4, -0.2) is 28.6 Å². The number of phenols is 1. The maximum Gasteiger partial charge on any atom is 0.311 e. The number of rotatable bonds is 4. The molecule has 1 amide bonds. The van der Waals surface area contributed by atoms with E-state index in [9.17, 15) is 19.8 Å². The number of hydrogen-bond donors (Lipinski definition) is 3. The predicted molar refractivity (Wildman–Crippen MR) is 78.3 cm³/mol. The number of aromatic hydroxyl groups is 1. The number of carboxylic acids is 1. The Balaban J connectivity index is 2.07. The van der Waals surface area contributed by atoms with Crippen LogP contribution in [0.25, 0.3) is 0 Å². The van der Waals surface area contributed by atoms with Gasteiger partial charge in [0.05, 0.1) is 5.41 Å². The molecule has 0 radical (unpaired) electrons. The first-order chi connectivity index (χ1) is 9.94. The molecule has 1 aromatic carbocycles. The van der Waals surface area contributed by atoms with E-state index in [1.165, 1.54) is 12.1 Å². The third-order valence-electron chi connectivity index (χ3n) is 4.31. The van der Waals surface area contributed by atoms with Crippen LogP contribution >= 0.6 is 0 Å². The van der Waals surface area contributed by atoms with Crippen LogP contribution in [0.4, 0.5) is 0 Å². The number of carbonyl (C=O) groups is 2. The van der Waals surface area contributed by atoms with Crippen LogP contribution in [0.2, 0.25) is 0 Å². The summed E-state index contributed by atoms with van der Waals surface area (Å²) in [5, 5.41) is 21.6. The maximum absolute atomic E-state index is 12.2. The summed E-state index contributed by atoms with van der Waals surface area (Å²) in [4.78, 5) is 23.8. The maximum atomic E-state index is 12.2. The van der Waals surface area contributed by atoms with Crippen molar-refractivity contribution in [2.45, 2.75) is 39.0 Å². The molecule has 0 saturated heterocycles. The topological polar surface area (TPSA) is 86.6 Å². The van der Waals surface area contributed by atoms with E-state index in [1.54, 1.807) is 13.0 Å². The molecule has 1 aromatic rings. The Labute approximate surface area is 124 Å². The number of carboxylic acid groups (broad SMARTS) is 1. The average molecular weight is 291 g/mol. The summed E-state index contributed by atoms with van der Waals surface area (Å²) < 4.78 is 0. The van der Waals surface area contributed by atoms with Crippen LogP contribution in [0, 0.1) is 12.3 Å². The Morgan fingerprint density at radius 1 is 1.24 bits per heavy atom. The first kappa shape index (κ1) is 15.4. The lowest BCUT2D eigenvalue weighted by Crippen LogP contribution is -2.44. The molecule has 0 aliphatic heterocycles. The van der Waals surface area contributed by atoms with Gasteiger partial charge in [-0.3, -0.25) is 9.59 Å². The van der Waals surface area contributed by atoms with E-state index < -0.39 is 11.4 Å². The molecule has 0 heterocycles. The van der Waals surface area contributed by atoms with Crippen molar-refractivity contribution in [3.63, 3.8) is 0 Å². The van der Waals surface area contributed by atoms with E-state index in [2.05, 4.69) is 5.32 Å². The van der Waals surface area contributed by atoms with Gasteiger partial charge in [0, 0.05) is 12.1 Å². The quantitative estimate of drug-likeness (QED) is 0.795. The van der Waals surface area contributed by atoms with Gasteiger partial charge >= 0.3 is 5.97 Å². The Morgan fingerprint density at radius 3 is 2.48 bits per heavy atom. The molecule has 0 atom stereocenters. The van der Waals surface area contributed by atoms with Gasteiger partial charge in [0.1, 0.15) is 5.75 Å². The highest BCUT2D eigenvalue weighted by Gasteiger charge is 2.39. The molecular formula is C16H21NO4. The van der Waals surface area contributed by atoms with Gasteiger partial charge < -0.3 is 15.5 Å². The molecule has 3 N–H and O–H groups in total. The second kappa shape index (κ2) is 6.16. The van der Waals surface area contributed by atoms with Gasteiger partial charge in [0.2, 0.25) is 0 Å². The van der Waals surface area contributed by atoms with Crippen LogP contribution in [0.1, 0.15) is 48.0 Å². The standard InChI is InChI=1S/C16H21NO4/c1-11-9-12(18)5-6-13(11)14(19)17-10-16(15(20)21)7-3-2-4-8-16/h5-6,9,18H,2-4,7-8,10H2,1H3,(H,17,19)(H,20,21). The SMILES string of the molecule is Cc1cc(O)ccc1C(=O)NCC1(C(=O)O)CCCCC1. The van der Waals surface area contributed by atoms with Crippen LogP contribution in [0.3, 0.4) is 0 Å². The summed E-state index contributed by atoms with van der Waals surface area (Å²) in [6.07, 6.45) is 4.05. The van der Waals surface area contributed by atoms with Crippen LogP contribution in [0.15, 0.2) is 18.2 Å². The first-order valence-corrected chi connectivity index (χ1v) is 7.26. The van der Waals surface area contributed by atoms with Gasteiger partial charge in [0.25, 0.3) is 5.91 Å². The van der Waals surface area contributed by atoms with E-state index in [-0.39, 0.29) is 18.2 Å². The fraction of sp³-hybridized carbons (Fsp3) is 0.500. The molecule has 5 heteroatoms. The van der Waals surface area contributed by atoms with Crippen molar-refractivity contribution in [3.05, 3.63) is 29.3 Å². The lowest BCUT2D eigenvalue weighted by atomic mass is 9.74. The van der Waals surface area contributed by atoms with Gasteiger partial charge in [-0.1, -0.05) is 19.3 Å². The number of benzene rings is 1. The minimum absolute atomic E-state index is 0.110. The van der Waals surface area contributed by atoms with E-state index in [1.807, 2.05) is 0 Å². The number of aliphatic carboxylic acids is 1. The number of amides is 1. The van der Waals surface area contributed by atoms with Gasteiger partial charge in [-0.25, -0.2) is 0 Å². The lowest BCUT2D eigenvalue weighted by molar-refractivity contribution is -0.150. The summed E-state index contributed by atoms with van der Waals surface area (Å²) >= 11 is 0. The Kier molecular flexibility index (Phi) is 4.50. The summed E-state index contributed by atoms with van der Waals surface area (Å²) in [5.74, 6) is -1.01. The van der Waals surface area contributed by atoms with Crippen molar-refractivity contribution in [3.8, 4) is 5.75 Å². The molecule has 0 aromatic heterocycles. The summed E-state index contributed by atoms with van der Waals surface area (Å²) in [6, 6.07) is 4.52. The number of phenolic OH excluding ortho intramolecular Hbond substituents is 1. The zero-order chi connectivity index (χ0) is 15.5. The predicted octanol–water partition coefficient (Wildman–Crippen LogP) is 2.47. The minimum atomic E-state index is -0.835. The Hall–Kier alpha value is -2.04.